The summed E-state index contributed by atoms with van der Waals surface area (Å²) in [6, 6.07) is 0.339. The third-order valence-corrected chi connectivity index (χ3v) is 5.90. The molecule has 6 nitrogen and oxygen atoms in total. The molecule has 3 aliphatic carbocycles. The number of rotatable bonds is 2. The summed E-state index contributed by atoms with van der Waals surface area (Å²) >= 11 is 0. The van der Waals surface area contributed by atoms with Gasteiger partial charge in [-0.2, -0.15) is 0 Å². The third-order valence-electron chi connectivity index (χ3n) is 5.90. The average Bonchev–Trinajstić information content (AvgIpc) is 3.15. The van der Waals surface area contributed by atoms with Crippen molar-refractivity contribution in [2.75, 3.05) is 0 Å². The fraction of sp³-hybridized carbons (Fsp3) is 0.600. The topological polar surface area (TPSA) is 83.6 Å². The first-order chi connectivity index (χ1) is 10.3. The van der Waals surface area contributed by atoms with E-state index in [4.69, 9.17) is 0 Å². The second kappa shape index (κ2) is 4.02. The van der Waals surface area contributed by atoms with Crippen molar-refractivity contribution in [1.82, 2.24) is 25.3 Å². The van der Waals surface area contributed by atoms with Crippen molar-refractivity contribution in [3.05, 3.63) is 18.3 Å². The standard InChI is InChI=1S/C15H17N5O/c21-15(13-12-14(18-5-16-12)19-6-17-13)20-10-4-9-7-1-2-8(3-7)11(9)10/h5-11H,1-4H2,(H,20,21)(H,16,17,18,19)/t7?,8?,9-,10-,11+/m1/s1. The van der Waals surface area contributed by atoms with Crippen molar-refractivity contribution >= 4 is 17.1 Å². The molecule has 2 N–H and O–H groups in total. The molecule has 0 saturated heterocycles. The molecule has 1 amide bonds. The monoisotopic (exact) mass is 283 g/mol. The number of hydrogen-bond acceptors (Lipinski definition) is 4. The molecule has 2 aromatic rings. The number of carbonyl (C=O) groups excluding carboxylic acids is 1. The Kier molecular flexibility index (Phi) is 2.23. The highest BCUT2D eigenvalue weighted by molar-refractivity contribution is 6.02. The Morgan fingerprint density at radius 3 is 3.00 bits per heavy atom. The van der Waals surface area contributed by atoms with Crippen LogP contribution >= 0.6 is 0 Å². The normalized spacial score (nSPS) is 36.5. The van der Waals surface area contributed by atoms with Gasteiger partial charge in [0.1, 0.15) is 11.8 Å². The quantitative estimate of drug-likeness (QED) is 0.875. The number of amides is 1. The molecule has 2 unspecified atom stereocenters. The Bertz CT molecular complexity index is 724. The third kappa shape index (κ3) is 1.53. The van der Waals surface area contributed by atoms with Gasteiger partial charge in [0.05, 0.1) is 6.33 Å². The van der Waals surface area contributed by atoms with Crippen LogP contribution in [0, 0.1) is 23.7 Å². The lowest BCUT2D eigenvalue weighted by Gasteiger charge is -2.47. The van der Waals surface area contributed by atoms with Gasteiger partial charge >= 0.3 is 0 Å². The number of imidazole rings is 1. The lowest BCUT2D eigenvalue weighted by Crippen LogP contribution is -2.54. The maximum atomic E-state index is 12.5. The molecule has 5 atom stereocenters. The van der Waals surface area contributed by atoms with Crippen LogP contribution in [-0.4, -0.2) is 31.9 Å². The smallest absolute Gasteiger partial charge is 0.272 e. The van der Waals surface area contributed by atoms with Gasteiger partial charge in [-0.3, -0.25) is 4.79 Å². The molecule has 3 aliphatic rings. The first-order valence-electron chi connectivity index (χ1n) is 7.76. The SMILES string of the molecule is O=C(N[C@@H]1C[C@@H]2C3CCC(C3)[C@@H]21)c1ncnc2nc[nH]c12. The van der Waals surface area contributed by atoms with Crippen LogP contribution in [0.1, 0.15) is 36.2 Å². The number of carbonyl (C=O) groups is 1. The average molecular weight is 283 g/mol. The second-order valence-corrected chi connectivity index (χ2v) is 6.71. The van der Waals surface area contributed by atoms with E-state index >= 15 is 0 Å². The molecular formula is C15H17N5O. The largest absolute Gasteiger partial charge is 0.348 e. The number of aromatic nitrogens is 4. The summed E-state index contributed by atoms with van der Waals surface area (Å²) in [5, 5.41) is 3.19. The molecule has 0 radical (unpaired) electrons. The number of aromatic amines is 1. The molecule has 2 heterocycles. The Hall–Kier alpha value is -1.98. The highest BCUT2D eigenvalue weighted by Gasteiger charge is 2.57. The summed E-state index contributed by atoms with van der Waals surface area (Å²) < 4.78 is 0. The fourth-order valence-electron chi connectivity index (χ4n) is 5.02. The van der Waals surface area contributed by atoms with Gasteiger partial charge in [0.2, 0.25) is 0 Å². The van der Waals surface area contributed by atoms with E-state index in [2.05, 4.69) is 25.3 Å². The maximum Gasteiger partial charge on any atom is 0.272 e. The second-order valence-electron chi connectivity index (χ2n) is 6.71. The molecule has 3 saturated carbocycles. The van der Waals surface area contributed by atoms with Crippen LogP contribution < -0.4 is 5.32 Å². The fourth-order valence-corrected chi connectivity index (χ4v) is 5.02. The van der Waals surface area contributed by atoms with E-state index in [0.717, 1.165) is 24.2 Å². The summed E-state index contributed by atoms with van der Waals surface area (Å²) in [4.78, 5) is 27.7. The predicted molar refractivity (Wildman–Crippen MR) is 75.4 cm³/mol. The van der Waals surface area contributed by atoms with Crippen LogP contribution in [-0.2, 0) is 0 Å². The first-order valence-corrected chi connectivity index (χ1v) is 7.76. The van der Waals surface area contributed by atoms with Crippen molar-refractivity contribution in [2.24, 2.45) is 23.7 Å². The molecule has 6 heteroatoms. The minimum Gasteiger partial charge on any atom is -0.348 e. The summed E-state index contributed by atoms with van der Waals surface area (Å²) in [6.07, 6.45) is 8.25. The lowest BCUT2D eigenvalue weighted by atomic mass is 9.62. The van der Waals surface area contributed by atoms with Crippen LogP contribution in [0.15, 0.2) is 12.7 Å². The highest BCUT2D eigenvalue weighted by atomic mass is 16.2. The molecule has 0 aromatic carbocycles. The Balaban J connectivity index is 1.37. The highest BCUT2D eigenvalue weighted by Crippen LogP contribution is 2.61. The van der Waals surface area contributed by atoms with E-state index in [-0.39, 0.29) is 5.91 Å². The minimum absolute atomic E-state index is 0.0992. The van der Waals surface area contributed by atoms with E-state index in [9.17, 15) is 4.79 Å². The van der Waals surface area contributed by atoms with E-state index in [1.807, 2.05) is 0 Å². The van der Waals surface area contributed by atoms with Crippen molar-refractivity contribution in [3.8, 4) is 0 Å². The van der Waals surface area contributed by atoms with Gasteiger partial charge in [0.15, 0.2) is 11.3 Å². The summed E-state index contributed by atoms with van der Waals surface area (Å²) in [6.45, 7) is 0. The summed E-state index contributed by atoms with van der Waals surface area (Å²) in [5.41, 5.74) is 1.57. The molecule has 3 fully saturated rings. The number of H-pyrrole nitrogens is 1. The summed E-state index contributed by atoms with van der Waals surface area (Å²) in [5.74, 6) is 3.26. The zero-order chi connectivity index (χ0) is 14.0. The van der Waals surface area contributed by atoms with Gasteiger partial charge in [-0.15, -0.1) is 0 Å². The number of fused-ring (bicyclic) bond motifs is 6. The molecule has 5 rings (SSSR count). The van der Waals surface area contributed by atoms with Crippen molar-refractivity contribution in [1.29, 1.82) is 0 Å². The Labute approximate surface area is 121 Å². The molecule has 0 spiro atoms. The van der Waals surface area contributed by atoms with Gasteiger partial charge in [-0.1, -0.05) is 0 Å². The van der Waals surface area contributed by atoms with Gasteiger partial charge in [-0.05, 0) is 49.4 Å². The Morgan fingerprint density at radius 1 is 1.19 bits per heavy atom. The van der Waals surface area contributed by atoms with Crippen LogP contribution in [0.2, 0.25) is 0 Å². The van der Waals surface area contributed by atoms with Crippen molar-refractivity contribution < 1.29 is 4.79 Å². The molecule has 21 heavy (non-hydrogen) atoms. The van der Waals surface area contributed by atoms with Crippen LogP contribution in [0.5, 0.6) is 0 Å². The van der Waals surface area contributed by atoms with Crippen LogP contribution in [0.3, 0.4) is 0 Å². The zero-order valence-corrected chi connectivity index (χ0v) is 11.6. The van der Waals surface area contributed by atoms with E-state index in [1.165, 1.54) is 25.6 Å². The molecule has 2 aromatic heterocycles. The van der Waals surface area contributed by atoms with Crippen molar-refractivity contribution in [3.63, 3.8) is 0 Å². The van der Waals surface area contributed by atoms with Crippen molar-refractivity contribution in [2.45, 2.75) is 31.7 Å². The van der Waals surface area contributed by atoms with Gasteiger partial charge in [0.25, 0.3) is 5.91 Å². The lowest BCUT2D eigenvalue weighted by molar-refractivity contribution is 0.0441. The molecule has 0 aliphatic heterocycles. The van der Waals surface area contributed by atoms with Crippen LogP contribution in [0.25, 0.3) is 11.2 Å². The Morgan fingerprint density at radius 2 is 2.10 bits per heavy atom. The number of hydrogen-bond donors (Lipinski definition) is 2. The van der Waals surface area contributed by atoms with Crippen LogP contribution in [0.4, 0.5) is 0 Å². The molecule has 108 valence electrons. The van der Waals surface area contributed by atoms with E-state index in [1.54, 1.807) is 6.33 Å². The molecule has 2 bridgehead atoms. The predicted octanol–water partition coefficient (Wildman–Crippen LogP) is 1.52. The first kappa shape index (κ1) is 11.7. The minimum atomic E-state index is -0.0992. The zero-order valence-electron chi connectivity index (χ0n) is 11.6. The van der Waals surface area contributed by atoms with E-state index < -0.39 is 0 Å². The molecular weight excluding hydrogens is 266 g/mol. The summed E-state index contributed by atoms with van der Waals surface area (Å²) in [7, 11) is 0. The maximum absolute atomic E-state index is 12.5. The number of nitrogens with zero attached hydrogens (tertiary/aromatic N) is 3. The van der Waals surface area contributed by atoms with Gasteiger partial charge in [0, 0.05) is 6.04 Å². The van der Waals surface area contributed by atoms with Gasteiger partial charge in [-0.25, -0.2) is 15.0 Å². The van der Waals surface area contributed by atoms with E-state index in [0.29, 0.717) is 28.8 Å². The number of nitrogens with one attached hydrogen (secondary N) is 2. The van der Waals surface area contributed by atoms with Gasteiger partial charge < -0.3 is 10.3 Å².